The summed E-state index contributed by atoms with van der Waals surface area (Å²) in [5.41, 5.74) is 2.75. The lowest BCUT2D eigenvalue weighted by atomic mass is 10.0. The molecule has 1 aliphatic heterocycles. The van der Waals surface area contributed by atoms with E-state index in [9.17, 15) is 9.18 Å². The molecule has 1 fully saturated rings. The van der Waals surface area contributed by atoms with Gasteiger partial charge in [-0.3, -0.25) is 4.79 Å². The lowest BCUT2D eigenvalue weighted by Crippen LogP contribution is -2.43. The molecular formula is C24H27FN6O. The van der Waals surface area contributed by atoms with E-state index in [0.717, 1.165) is 37.3 Å². The number of carbonyl (C=O) groups is 1. The molecule has 0 aliphatic carbocycles. The van der Waals surface area contributed by atoms with Crippen LogP contribution in [0.25, 0.3) is 0 Å². The van der Waals surface area contributed by atoms with Crippen molar-refractivity contribution in [2.75, 3.05) is 30.8 Å². The summed E-state index contributed by atoms with van der Waals surface area (Å²) in [6, 6.07) is 14.4. The van der Waals surface area contributed by atoms with Crippen LogP contribution in [0.4, 0.5) is 27.5 Å². The number of piperidine rings is 1. The molecule has 3 N–H and O–H groups in total. The molecule has 32 heavy (non-hydrogen) atoms. The first-order valence-electron chi connectivity index (χ1n) is 10.7. The zero-order valence-corrected chi connectivity index (χ0v) is 18.2. The number of anilines is 4. The van der Waals surface area contributed by atoms with Gasteiger partial charge in [-0.2, -0.15) is 4.98 Å². The summed E-state index contributed by atoms with van der Waals surface area (Å²) in [5.74, 6) is 0.820. The predicted molar refractivity (Wildman–Crippen MR) is 124 cm³/mol. The van der Waals surface area contributed by atoms with Gasteiger partial charge in [0.25, 0.3) is 5.91 Å². The minimum atomic E-state index is -0.245. The van der Waals surface area contributed by atoms with Gasteiger partial charge in [-0.15, -0.1) is 0 Å². The van der Waals surface area contributed by atoms with Crippen molar-refractivity contribution in [2.24, 2.45) is 0 Å². The molecule has 166 valence electrons. The minimum absolute atomic E-state index is 0.0585. The molecule has 2 aromatic carbocycles. The molecule has 1 saturated heterocycles. The molecule has 8 heteroatoms. The first-order chi connectivity index (χ1) is 15.5. The lowest BCUT2D eigenvalue weighted by molar-refractivity contribution is 0.0707. The van der Waals surface area contributed by atoms with Crippen LogP contribution in [-0.2, 0) is 0 Å². The zero-order valence-electron chi connectivity index (χ0n) is 18.2. The van der Waals surface area contributed by atoms with Crippen LogP contribution in [0.1, 0.15) is 28.8 Å². The molecule has 0 atom stereocenters. The van der Waals surface area contributed by atoms with Crippen LogP contribution in [0.15, 0.2) is 54.7 Å². The number of hydrogen-bond acceptors (Lipinski definition) is 6. The number of likely N-dealkylation sites (tertiary alicyclic amines) is 1. The van der Waals surface area contributed by atoms with Crippen LogP contribution in [0.2, 0.25) is 0 Å². The Morgan fingerprint density at radius 2 is 1.75 bits per heavy atom. The fraction of sp³-hybridized carbons (Fsp3) is 0.292. The lowest BCUT2D eigenvalue weighted by Gasteiger charge is -2.31. The van der Waals surface area contributed by atoms with Gasteiger partial charge in [-0.25, -0.2) is 9.37 Å². The van der Waals surface area contributed by atoms with Gasteiger partial charge in [0.2, 0.25) is 5.95 Å². The molecule has 1 amide bonds. The van der Waals surface area contributed by atoms with Crippen LogP contribution in [-0.4, -0.2) is 47.0 Å². The summed E-state index contributed by atoms with van der Waals surface area (Å²) in [5, 5.41) is 9.59. The van der Waals surface area contributed by atoms with E-state index in [-0.39, 0.29) is 11.7 Å². The highest BCUT2D eigenvalue weighted by molar-refractivity contribution is 5.94. The van der Waals surface area contributed by atoms with Crippen LogP contribution in [0.3, 0.4) is 0 Å². The van der Waals surface area contributed by atoms with E-state index in [1.54, 1.807) is 31.3 Å². The van der Waals surface area contributed by atoms with Crippen molar-refractivity contribution in [3.63, 3.8) is 0 Å². The second kappa shape index (κ2) is 9.74. The van der Waals surface area contributed by atoms with Gasteiger partial charge in [0.05, 0.1) is 0 Å². The van der Waals surface area contributed by atoms with E-state index >= 15 is 0 Å². The van der Waals surface area contributed by atoms with Crippen molar-refractivity contribution < 1.29 is 9.18 Å². The SMILES string of the molecule is CNC1CCN(C(=O)c2ccc(Nc3nccc(Nc4ccc(F)c(C)c4)n3)cc2)CC1. The second-order valence-corrected chi connectivity index (χ2v) is 7.91. The number of nitrogens with one attached hydrogen (secondary N) is 3. The Labute approximate surface area is 187 Å². The molecule has 2 heterocycles. The molecule has 4 rings (SSSR count). The topological polar surface area (TPSA) is 82.2 Å². The average molecular weight is 435 g/mol. The number of amides is 1. The van der Waals surface area contributed by atoms with Gasteiger partial charge >= 0.3 is 0 Å². The summed E-state index contributed by atoms with van der Waals surface area (Å²) < 4.78 is 13.5. The predicted octanol–water partition coefficient (Wildman–Crippen LogP) is 4.24. The zero-order chi connectivity index (χ0) is 22.5. The third-order valence-electron chi connectivity index (χ3n) is 5.66. The molecule has 7 nitrogen and oxygen atoms in total. The Kier molecular flexibility index (Phi) is 6.61. The van der Waals surface area contributed by atoms with Gasteiger partial charge in [-0.1, -0.05) is 0 Å². The minimum Gasteiger partial charge on any atom is -0.340 e. The number of hydrogen-bond donors (Lipinski definition) is 3. The summed E-state index contributed by atoms with van der Waals surface area (Å²) in [4.78, 5) is 23.4. The van der Waals surface area contributed by atoms with Crippen molar-refractivity contribution in [3.8, 4) is 0 Å². The first-order valence-corrected chi connectivity index (χ1v) is 10.7. The maximum Gasteiger partial charge on any atom is 0.253 e. The molecule has 0 saturated carbocycles. The monoisotopic (exact) mass is 434 g/mol. The van der Waals surface area contributed by atoms with E-state index in [4.69, 9.17) is 0 Å². The smallest absolute Gasteiger partial charge is 0.253 e. The van der Waals surface area contributed by atoms with Crippen LogP contribution < -0.4 is 16.0 Å². The van der Waals surface area contributed by atoms with E-state index < -0.39 is 0 Å². The highest BCUT2D eigenvalue weighted by atomic mass is 19.1. The molecular weight excluding hydrogens is 407 g/mol. The van der Waals surface area contributed by atoms with E-state index in [2.05, 4.69) is 25.9 Å². The normalized spacial score (nSPS) is 14.3. The maximum absolute atomic E-state index is 13.5. The van der Waals surface area contributed by atoms with Gasteiger partial charge < -0.3 is 20.9 Å². The Bertz CT molecular complexity index is 1080. The molecule has 0 unspecified atom stereocenters. The Morgan fingerprint density at radius 3 is 2.44 bits per heavy atom. The summed E-state index contributed by atoms with van der Waals surface area (Å²) >= 11 is 0. The average Bonchev–Trinajstić information content (AvgIpc) is 2.82. The van der Waals surface area contributed by atoms with Gasteiger partial charge in [0, 0.05) is 42.3 Å². The van der Waals surface area contributed by atoms with Crippen LogP contribution in [0, 0.1) is 12.7 Å². The van der Waals surface area contributed by atoms with Crippen molar-refractivity contribution in [2.45, 2.75) is 25.8 Å². The fourth-order valence-corrected chi connectivity index (χ4v) is 3.74. The van der Waals surface area contributed by atoms with Gasteiger partial charge in [0.1, 0.15) is 11.6 Å². The van der Waals surface area contributed by atoms with E-state index in [0.29, 0.717) is 28.9 Å². The molecule has 1 aromatic heterocycles. The Hall–Kier alpha value is -3.52. The fourth-order valence-electron chi connectivity index (χ4n) is 3.74. The molecule has 1 aliphatic rings. The van der Waals surface area contributed by atoms with Gasteiger partial charge in [-0.05, 0) is 80.9 Å². The third-order valence-corrected chi connectivity index (χ3v) is 5.66. The summed E-state index contributed by atoms with van der Waals surface area (Å²) in [6.45, 7) is 3.25. The van der Waals surface area contributed by atoms with Crippen molar-refractivity contribution >= 4 is 29.0 Å². The number of rotatable bonds is 6. The van der Waals surface area contributed by atoms with Crippen molar-refractivity contribution in [3.05, 3.63) is 71.7 Å². The van der Waals surface area contributed by atoms with E-state index in [1.165, 1.54) is 6.07 Å². The first kappa shape index (κ1) is 21.7. The standard InChI is InChI=1S/C24H27FN6O/c1-16-15-20(7-8-21(16)25)28-22-9-12-27-24(30-22)29-19-5-3-17(4-6-19)23(32)31-13-10-18(26-2)11-14-31/h3-9,12,15,18,26H,10-11,13-14H2,1-2H3,(H2,27,28,29,30). The van der Waals surface area contributed by atoms with Crippen molar-refractivity contribution in [1.82, 2.24) is 20.2 Å². The Balaban J connectivity index is 1.38. The summed E-state index contributed by atoms with van der Waals surface area (Å²) in [7, 11) is 1.97. The Morgan fingerprint density at radius 1 is 1.03 bits per heavy atom. The molecule has 0 bridgehead atoms. The molecule has 0 spiro atoms. The molecule has 0 radical (unpaired) electrons. The second-order valence-electron chi connectivity index (χ2n) is 7.91. The number of aryl methyl sites for hydroxylation is 1. The van der Waals surface area contributed by atoms with Gasteiger partial charge in [0.15, 0.2) is 0 Å². The van der Waals surface area contributed by atoms with Crippen LogP contribution >= 0.6 is 0 Å². The number of nitrogens with zero attached hydrogens (tertiary/aromatic N) is 3. The quantitative estimate of drug-likeness (QED) is 0.539. The van der Waals surface area contributed by atoms with Crippen LogP contribution in [0.5, 0.6) is 0 Å². The highest BCUT2D eigenvalue weighted by Crippen LogP contribution is 2.21. The highest BCUT2D eigenvalue weighted by Gasteiger charge is 2.22. The third kappa shape index (κ3) is 5.20. The number of carbonyl (C=O) groups excluding carboxylic acids is 1. The number of halogens is 1. The number of aromatic nitrogens is 2. The maximum atomic E-state index is 13.5. The number of benzene rings is 2. The van der Waals surface area contributed by atoms with Crippen molar-refractivity contribution in [1.29, 1.82) is 0 Å². The van der Waals surface area contributed by atoms with E-state index in [1.807, 2.05) is 36.2 Å². The molecule has 3 aromatic rings. The summed E-state index contributed by atoms with van der Waals surface area (Å²) in [6.07, 6.45) is 3.59. The largest absolute Gasteiger partial charge is 0.340 e.